The van der Waals surface area contributed by atoms with Crippen molar-refractivity contribution in [1.29, 1.82) is 0 Å². The summed E-state index contributed by atoms with van der Waals surface area (Å²) in [6.45, 7) is 0.655. The standard InChI is InChI=1S/C12H11N3O2S/c16-18(17,11-4-2-1-3-5-11)15-7-10-6-13-9-14-12(10)8-15/h1-6,9H,7-8H2. The fourth-order valence-corrected chi connectivity index (χ4v) is 3.38. The summed E-state index contributed by atoms with van der Waals surface area (Å²) >= 11 is 0. The van der Waals surface area contributed by atoms with Gasteiger partial charge in [-0.15, -0.1) is 0 Å². The van der Waals surface area contributed by atoms with E-state index in [-0.39, 0.29) is 0 Å². The SMILES string of the molecule is O=S(=O)(c1ccccc1)N1Cc2cncnc2C1. The van der Waals surface area contributed by atoms with Crippen LogP contribution in [0.3, 0.4) is 0 Å². The third-order valence-electron chi connectivity index (χ3n) is 2.94. The van der Waals surface area contributed by atoms with Crippen LogP contribution < -0.4 is 0 Å². The minimum atomic E-state index is -3.44. The predicted molar refractivity (Wildman–Crippen MR) is 64.9 cm³/mol. The van der Waals surface area contributed by atoms with Gasteiger partial charge in [0, 0.05) is 18.3 Å². The van der Waals surface area contributed by atoms with Crippen molar-refractivity contribution in [3.05, 3.63) is 54.1 Å². The van der Waals surface area contributed by atoms with Gasteiger partial charge in [-0.3, -0.25) is 0 Å². The molecule has 0 spiro atoms. The van der Waals surface area contributed by atoms with Crippen molar-refractivity contribution in [1.82, 2.24) is 14.3 Å². The van der Waals surface area contributed by atoms with E-state index >= 15 is 0 Å². The molecule has 0 aliphatic carbocycles. The Morgan fingerprint density at radius 1 is 1.11 bits per heavy atom. The Balaban J connectivity index is 1.95. The van der Waals surface area contributed by atoms with Crippen LogP contribution in [0, 0.1) is 0 Å². The Labute approximate surface area is 105 Å². The maximum Gasteiger partial charge on any atom is 0.243 e. The van der Waals surface area contributed by atoms with Crippen molar-refractivity contribution < 1.29 is 8.42 Å². The molecule has 1 aromatic carbocycles. The van der Waals surface area contributed by atoms with Gasteiger partial charge in [0.2, 0.25) is 10.0 Å². The number of fused-ring (bicyclic) bond motifs is 1. The van der Waals surface area contributed by atoms with Crippen LogP contribution in [-0.4, -0.2) is 22.7 Å². The van der Waals surface area contributed by atoms with Crippen LogP contribution in [0.2, 0.25) is 0 Å². The van der Waals surface area contributed by atoms with Gasteiger partial charge in [0.15, 0.2) is 0 Å². The zero-order chi connectivity index (χ0) is 12.6. The maximum absolute atomic E-state index is 12.4. The Hall–Kier alpha value is -1.79. The average Bonchev–Trinajstić information content (AvgIpc) is 2.84. The van der Waals surface area contributed by atoms with E-state index < -0.39 is 10.0 Å². The first kappa shape index (κ1) is 11.3. The summed E-state index contributed by atoms with van der Waals surface area (Å²) in [5.74, 6) is 0. The number of rotatable bonds is 2. The van der Waals surface area contributed by atoms with Crippen LogP contribution in [0.25, 0.3) is 0 Å². The van der Waals surface area contributed by atoms with E-state index in [2.05, 4.69) is 9.97 Å². The first-order chi connectivity index (χ1) is 8.68. The fourth-order valence-electron chi connectivity index (χ4n) is 1.98. The summed E-state index contributed by atoms with van der Waals surface area (Å²) in [7, 11) is -3.44. The minimum absolute atomic E-state index is 0.311. The second-order valence-corrected chi connectivity index (χ2v) is 6.02. The average molecular weight is 261 g/mol. The predicted octanol–water partition coefficient (Wildman–Crippen LogP) is 1.18. The summed E-state index contributed by atoms with van der Waals surface area (Å²) in [6.07, 6.45) is 3.11. The molecule has 0 unspecified atom stereocenters. The Bertz CT molecular complexity index is 646. The number of benzene rings is 1. The molecule has 3 rings (SSSR count). The Morgan fingerprint density at radius 3 is 2.61 bits per heavy atom. The third-order valence-corrected chi connectivity index (χ3v) is 4.74. The number of sulfonamides is 1. The van der Waals surface area contributed by atoms with Gasteiger partial charge in [-0.25, -0.2) is 18.4 Å². The molecule has 0 saturated heterocycles. The molecule has 0 N–H and O–H groups in total. The second kappa shape index (κ2) is 4.15. The van der Waals surface area contributed by atoms with E-state index in [9.17, 15) is 8.42 Å². The molecule has 0 radical (unpaired) electrons. The molecule has 18 heavy (non-hydrogen) atoms. The Morgan fingerprint density at radius 2 is 1.89 bits per heavy atom. The van der Waals surface area contributed by atoms with E-state index in [1.165, 1.54) is 10.6 Å². The fraction of sp³-hybridized carbons (Fsp3) is 0.167. The molecule has 0 bridgehead atoms. The van der Waals surface area contributed by atoms with Crippen LogP contribution in [0.15, 0.2) is 47.8 Å². The molecule has 1 aliphatic heterocycles. The number of hydrogen-bond donors (Lipinski definition) is 0. The molecule has 2 aromatic rings. The van der Waals surface area contributed by atoms with Gasteiger partial charge in [0.05, 0.1) is 17.1 Å². The summed E-state index contributed by atoms with van der Waals surface area (Å²) < 4.78 is 26.2. The number of hydrogen-bond acceptors (Lipinski definition) is 4. The molecule has 0 saturated carbocycles. The molecule has 0 fully saturated rings. The third kappa shape index (κ3) is 1.79. The monoisotopic (exact) mass is 261 g/mol. The highest BCUT2D eigenvalue weighted by atomic mass is 32.2. The number of aromatic nitrogens is 2. The summed E-state index contributed by atoms with van der Waals surface area (Å²) in [5, 5.41) is 0. The molecule has 2 heterocycles. The summed E-state index contributed by atoms with van der Waals surface area (Å²) in [6, 6.07) is 8.43. The molecule has 6 heteroatoms. The van der Waals surface area contributed by atoms with Gasteiger partial charge < -0.3 is 0 Å². The second-order valence-electron chi connectivity index (χ2n) is 4.08. The highest BCUT2D eigenvalue weighted by molar-refractivity contribution is 7.89. The van der Waals surface area contributed by atoms with Gasteiger partial charge in [0.25, 0.3) is 0 Å². The lowest BCUT2D eigenvalue weighted by molar-refractivity contribution is 0.429. The van der Waals surface area contributed by atoms with Crippen molar-refractivity contribution >= 4 is 10.0 Å². The first-order valence-corrected chi connectivity index (χ1v) is 6.95. The lowest BCUT2D eigenvalue weighted by Crippen LogP contribution is -2.25. The van der Waals surface area contributed by atoms with Crippen LogP contribution in [0.4, 0.5) is 0 Å². The molecular weight excluding hydrogens is 250 g/mol. The van der Waals surface area contributed by atoms with E-state index in [0.717, 1.165) is 11.3 Å². The normalized spacial score (nSPS) is 15.6. The summed E-state index contributed by atoms with van der Waals surface area (Å²) in [5.41, 5.74) is 1.65. The quantitative estimate of drug-likeness (QED) is 0.814. The van der Waals surface area contributed by atoms with Gasteiger partial charge in [-0.2, -0.15) is 4.31 Å². The van der Waals surface area contributed by atoms with Crippen LogP contribution in [0.1, 0.15) is 11.3 Å². The van der Waals surface area contributed by atoms with Gasteiger partial charge in [-0.05, 0) is 12.1 Å². The molecule has 0 atom stereocenters. The zero-order valence-electron chi connectivity index (χ0n) is 9.52. The van der Waals surface area contributed by atoms with Crippen molar-refractivity contribution in [2.24, 2.45) is 0 Å². The van der Waals surface area contributed by atoms with Gasteiger partial charge in [0.1, 0.15) is 6.33 Å². The van der Waals surface area contributed by atoms with Crippen LogP contribution in [-0.2, 0) is 23.1 Å². The summed E-state index contributed by atoms with van der Waals surface area (Å²) in [4.78, 5) is 8.32. The minimum Gasteiger partial charge on any atom is -0.244 e. The van der Waals surface area contributed by atoms with Crippen LogP contribution >= 0.6 is 0 Å². The van der Waals surface area contributed by atoms with Gasteiger partial charge in [-0.1, -0.05) is 18.2 Å². The smallest absolute Gasteiger partial charge is 0.243 e. The maximum atomic E-state index is 12.4. The lowest BCUT2D eigenvalue weighted by Gasteiger charge is -2.14. The van der Waals surface area contributed by atoms with Crippen LogP contribution in [0.5, 0.6) is 0 Å². The molecule has 0 amide bonds. The van der Waals surface area contributed by atoms with Crippen molar-refractivity contribution in [3.8, 4) is 0 Å². The highest BCUT2D eigenvalue weighted by Crippen LogP contribution is 2.26. The Kier molecular flexibility index (Phi) is 2.61. The number of nitrogens with zero attached hydrogens (tertiary/aromatic N) is 3. The molecular formula is C12H11N3O2S. The first-order valence-electron chi connectivity index (χ1n) is 5.51. The van der Waals surface area contributed by atoms with Crippen molar-refractivity contribution in [2.75, 3.05) is 0 Å². The van der Waals surface area contributed by atoms with E-state index in [4.69, 9.17) is 0 Å². The molecule has 92 valence electrons. The molecule has 5 nitrogen and oxygen atoms in total. The largest absolute Gasteiger partial charge is 0.244 e. The van der Waals surface area contributed by atoms with Crippen molar-refractivity contribution in [2.45, 2.75) is 18.0 Å². The molecule has 1 aliphatic rings. The lowest BCUT2D eigenvalue weighted by atomic mass is 10.3. The van der Waals surface area contributed by atoms with Crippen molar-refractivity contribution in [3.63, 3.8) is 0 Å². The zero-order valence-corrected chi connectivity index (χ0v) is 10.3. The topological polar surface area (TPSA) is 63.2 Å². The van der Waals surface area contributed by atoms with E-state index in [1.807, 2.05) is 0 Å². The van der Waals surface area contributed by atoms with E-state index in [1.54, 1.807) is 36.5 Å². The molecule has 1 aromatic heterocycles. The highest BCUT2D eigenvalue weighted by Gasteiger charge is 2.31. The van der Waals surface area contributed by atoms with E-state index in [0.29, 0.717) is 18.0 Å². The van der Waals surface area contributed by atoms with Gasteiger partial charge >= 0.3 is 0 Å².